The Bertz CT molecular complexity index is 802. The number of nitrogens with one attached hydrogen (secondary N) is 1. The predicted molar refractivity (Wildman–Crippen MR) is 95.3 cm³/mol. The molecular weight excluding hydrogens is 364 g/mol. The number of aromatic nitrogens is 1. The molecule has 0 spiro atoms. The zero-order valence-corrected chi connectivity index (χ0v) is 15.9. The summed E-state index contributed by atoms with van der Waals surface area (Å²) in [6.45, 7) is 2.06. The van der Waals surface area contributed by atoms with E-state index in [2.05, 4.69) is 10.3 Å². The van der Waals surface area contributed by atoms with Crippen LogP contribution in [0.2, 0.25) is 0 Å². The van der Waals surface area contributed by atoms with Gasteiger partial charge in [0.2, 0.25) is 20.0 Å². The zero-order chi connectivity index (χ0) is 18.1. The summed E-state index contributed by atoms with van der Waals surface area (Å²) in [4.78, 5) is 4.41. The highest BCUT2D eigenvalue weighted by molar-refractivity contribution is 7.89. The number of piperidine rings is 1. The summed E-state index contributed by atoms with van der Waals surface area (Å²) in [6.07, 6.45) is 6.00. The molecule has 2 fully saturated rings. The fraction of sp³-hybridized carbons (Fsp3) is 0.667. The predicted octanol–water partition coefficient (Wildman–Crippen LogP) is 0.702. The van der Waals surface area contributed by atoms with Crippen molar-refractivity contribution in [1.29, 1.82) is 0 Å². The number of hydrogen-bond acceptors (Lipinski definition) is 6. The Kier molecular flexibility index (Phi) is 5.33. The number of nitrogens with zero attached hydrogens (tertiary/aromatic N) is 3. The maximum Gasteiger partial charge on any atom is 0.244 e. The van der Waals surface area contributed by atoms with Gasteiger partial charge in [0.05, 0.1) is 6.26 Å². The molecule has 0 aromatic carbocycles. The van der Waals surface area contributed by atoms with Gasteiger partial charge in [-0.15, -0.1) is 0 Å². The third-order valence-electron chi connectivity index (χ3n) is 4.64. The second-order valence-corrected chi connectivity index (χ2v) is 10.5. The summed E-state index contributed by atoms with van der Waals surface area (Å²) >= 11 is 0. The van der Waals surface area contributed by atoms with Gasteiger partial charge in [0.25, 0.3) is 0 Å². The standard InChI is InChI=1S/C15H24N4O4S2/c1-24(20,21)19-10-4-5-13(12-19)17-15-7-6-14(11-16-15)25(22,23)18-8-2-3-9-18/h6-7,11,13H,2-5,8-10,12H2,1H3,(H,16,17). The smallest absolute Gasteiger partial charge is 0.244 e. The van der Waals surface area contributed by atoms with Crippen molar-refractivity contribution in [2.75, 3.05) is 37.8 Å². The van der Waals surface area contributed by atoms with Crippen LogP contribution in [0.5, 0.6) is 0 Å². The van der Waals surface area contributed by atoms with Gasteiger partial charge in [0.15, 0.2) is 0 Å². The molecule has 1 aromatic rings. The van der Waals surface area contributed by atoms with E-state index >= 15 is 0 Å². The molecule has 0 amide bonds. The number of sulfonamides is 2. The van der Waals surface area contributed by atoms with Crippen molar-refractivity contribution in [1.82, 2.24) is 13.6 Å². The van der Waals surface area contributed by atoms with Gasteiger partial charge in [-0.3, -0.25) is 0 Å². The van der Waals surface area contributed by atoms with Crippen molar-refractivity contribution in [3.05, 3.63) is 18.3 Å². The van der Waals surface area contributed by atoms with Crippen LogP contribution in [0.1, 0.15) is 25.7 Å². The topological polar surface area (TPSA) is 99.7 Å². The monoisotopic (exact) mass is 388 g/mol. The van der Waals surface area contributed by atoms with E-state index in [1.54, 1.807) is 12.1 Å². The molecule has 25 heavy (non-hydrogen) atoms. The van der Waals surface area contributed by atoms with Crippen LogP contribution in [0, 0.1) is 0 Å². The molecule has 140 valence electrons. The Hall–Kier alpha value is -1.23. The van der Waals surface area contributed by atoms with Gasteiger partial charge in [-0.25, -0.2) is 26.1 Å². The van der Waals surface area contributed by atoms with Gasteiger partial charge in [-0.1, -0.05) is 0 Å². The fourth-order valence-corrected chi connectivity index (χ4v) is 5.64. The van der Waals surface area contributed by atoms with Crippen LogP contribution < -0.4 is 5.32 Å². The minimum Gasteiger partial charge on any atom is -0.366 e. The Morgan fingerprint density at radius 3 is 2.32 bits per heavy atom. The van der Waals surface area contributed by atoms with Crippen molar-refractivity contribution in [2.24, 2.45) is 0 Å². The van der Waals surface area contributed by atoms with Gasteiger partial charge < -0.3 is 5.32 Å². The van der Waals surface area contributed by atoms with Crippen molar-refractivity contribution >= 4 is 25.9 Å². The first kappa shape index (κ1) is 18.6. The van der Waals surface area contributed by atoms with E-state index in [9.17, 15) is 16.8 Å². The average molecular weight is 389 g/mol. The summed E-state index contributed by atoms with van der Waals surface area (Å²) in [6, 6.07) is 3.17. The molecule has 2 aliphatic rings. The van der Waals surface area contributed by atoms with Crippen molar-refractivity contribution < 1.29 is 16.8 Å². The molecule has 2 aliphatic heterocycles. The van der Waals surface area contributed by atoms with E-state index in [0.29, 0.717) is 32.0 Å². The van der Waals surface area contributed by atoms with E-state index in [1.165, 1.54) is 21.1 Å². The molecular formula is C15H24N4O4S2. The van der Waals surface area contributed by atoms with Crippen LogP contribution in [0.4, 0.5) is 5.82 Å². The summed E-state index contributed by atoms with van der Waals surface area (Å²) < 4.78 is 51.3. The normalized spacial score (nSPS) is 23.6. The molecule has 1 atom stereocenters. The maximum absolute atomic E-state index is 12.5. The number of rotatable bonds is 5. The van der Waals surface area contributed by atoms with E-state index in [0.717, 1.165) is 25.7 Å². The molecule has 0 bridgehead atoms. The second kappa shape index (κ2) is 7.18. The first-order valence-electron chi connectivity index (χ1n) is 8.45. The number of anilines is 1. The fourth-order valence-electron chi connectivity index (χ4n) is 3.27. The molecule has 1 N–H and O–H groups in total. The summed E-state index contributed by atoms with van der Waals surface area (Å²) in [5, 5.41) is 3.21. The molecule has 3 rings (SSSR count). The summed E-state index contributed by atoms with van der Waals surface area (Å²) in [5.41, 5.74) is 0. The molecule has 1 unspecified atom stereocenters. The van der Waals surface area contributed by atoms with Crippen LogP contribution >= 0.6 is 0 Å². The quantitative estimate of drug-likeness (QED) is 0.797. The van der Waals surface area contributed by atoms with Crippen molar-refractivity contribution in [3.63, 3.8) is 0 Å². The number of pyridine rings is 1. The Balaban J connectivity index is 1.66. The first-order valence-corrected chi connectivity index (χ1v) is 11.7. The van der Waals surface area contributed by atoms with Crippen molar-refractivity contribution in [3.8, 4) is 0 Å². The van der Waals surface area contributed by atoms with Gasteiger partial charge >= 0.3 is 0 Å². The SMILES string of the molecule is CS(=O)(=O)N1CCCC(Nc2ccc(S(=O)(=O)N3CCCC3)cn2)C1. The average Bonchev–Trinajstić information content (AvgIpc) is 3.10. The molecule has 0 aliphatic carbocycles. The van der Waals surface area contributed by atoms with E-state index in [-0.39, 0.29) is 10.9 Å². The third kappa shape index (κ3) is 4.30. The Morgan fingerprint density at radius 1 is 1.04 bits per heavy atom. The van der Waals surface area contributed by atoms with Crippen LogP contribution in [-0.4, -0.2) is 68.9 Å². The zero-order valence-electron chi connectivity index (χ0n) is 14.3. The minimum absolute atomic E-state index is 0.0305. The Morgan fingerprint density at radius 2 is 1.72 bits per heavy atom. The van der Waals surface area contributed by atoms with E-state index in [4.69, 9.17) is 0 Å². The third-order valence-corrected chi connectivity index (χ3v) is 7.80. The van der Waals surface area contributed by atoms with Crippen LogP contribution in [0.15, 0.2) is 23.2 Å². The van der Waals surface area contributed by atoms with Gasteiger partial charge in [-0.2, -0.15) is 4.31 Å². The lowest BCUT2D eigenvalue weighted by Gasteiger charge is -2.31. The second-order valence-electron chi connectivity index (χ2n) is 6.59. The highest BCUT2D eigenvalue weighted by atomic mass is 32.2. The highest BCUT2D eigenvalue weighted by Gasteiger charge is 2.28. The molecule has 0 radical (unpaired) electrons. The molecule has 0 saturated carbocycles. The van der Waals surface area contributed by atoms with Gasteiger partial charge in [0.1, 0.15) is 10.7 Å². The minimum atomic E-state index is -3.46. The van der Waals surface area contributed by atoms with Crippen LogP contribution in [-0.2, 0) is 20.0 Å². The first-order chi connectivity index (χ1) is 11.8. The molecule has 10 heteroatoms. The lowest BCUT2D eigenvalue weighted by Crippen LogP contribution is -2.44. The van der Waals surface area contributed by atoms with Crippen LogP contribution in [0.3, 0.4) is 0 Å². The van der Waals surface area contributed by atoms with Crippen molar-refractivity contribution in [2.45, 2.75) is 36.6 Å². The van der Waals surface area contributed by atoms with Gasteiger partial charge in [0, 0.05) is 38.4 Å². The molecule has 8 nitrogen and oxygen atoms in total. The van der Waals surface area contributed by atoms with Crippen LogP contribution in [0.25, 0.3) is 0 Å². The Labute approximate surface area is 149 Å². The highest BCUT2D eigenvalue weighted by Crippen LogP contribution is 2.22. The lowest BCUT2D eigenvalue weighted by molar-refractivity contribution is 0.329. The maximum atomic E-state index is 12.5. The summed E-state index contributed by atoms with van der Waals surface area (Å²) in [5.74, 6) is 0.556. The van der Waals surface area contributed by atoms with E-state index < -0.39 is 20.0 Å². The number of hydrogen-bond donors (Lipinski definition) is 1. The summed E-state index contributed by atoms with van der Waals surface area (Å²) in [7, 11) is -6.66. The lowest BCUT2D eigenvalue weighted by atomic mass is 10.1. The van der Waals surface area contributed by atoms with Gasteiger partial charge in [-0.05, 0) is 37.8 Å². The van der Waals surface area contributed by atoms with E-state index in [1.807, 2.05) is 0 Å². The molecule has 1 aromatic heterocycles. The largest absolute Gasteiger partial charge is 0.366 e. The molecule has 2 saturated heterocycles. The molecule has 3 heterocycles.